The number of urea groups is 1. The molecule has 0 radical (unpaired) electrons. The zero-order chi connectivity index (χ0) is 14.4. The number of carbonyl (C=O) groups excluding carboxylic acids is 1. The Balaban J connectivity index is 2.15. The van der Waals surface area contributed by atoms with Gasteiger partial charge in [-0.15, -0.1) is 0 Å². The van der Waals surface area contributed by atoms with E-state index >= 15 is 0 Å². The maximum Gasteiger partial charge on any atom is 0.321 e. The van der Waals surface area contributed by atoms with Gasteiger partial charge in [-0.3, -0.25) is 4.90 Å². The normalized spacial score (nSPS) is 13.8. The van der Waals surface area contributed by atoms with Crippen LogP contribution in [0.25, 0.3) is 0 Å². The molecule has 0 bridgehead atoms. The number of nitrogens with one attached hydrogen (secondary N) is 1. The molecule has 0 saturated carbocycles. The van der Waals surface area contributed by atoms with Gasteiger partial charge in [0.25, 0.3) is 0 Å². The van der Waals surface area contributed by atoms with Gasteiger partial charge in [-0.05, 0) is 37.3 Å². The number of para-hydroxylation sites is 1. The lowest BCUT2D eigenvalue weighted by atomic mass is 10.0. The van der Waals surface area contributed by atoms with E-state index in [1.54, 1.807) is 0 Å². The molecular formula is C17H24N2O. The van der Waals surface area contributed by atoms with E-state index in [0.717, 1.165) is 44.5 Å². The Morgan fingerprint density at radius 3 is 3.05 bits per heavy atom. The van der Waals surface area contributed by atoms with Crippen LogP contribution in [0.3, 0.4) is 0 Å². The smallest absolute Gasteiger partial charge is 0.321 e. The molecule has 2 amide bonds. The number of hydrogen-bond acceptors (Lipinski definition) is 1. The Kier molecular flexibility index (Phi) is 5.22. The van der Waals surface area contributed by atoms with Crippen LogP contribution in [0.2, 0.25) is 0 Å². The molecule has 3 nitrogen and oxygen atoms in total. The maximum atomic E-state index is 12.3. The predicted octanol–water partition coefficient (Wildman–Crippen LogP) is 3.68. The van der Waals surface area contributed by atoms with Crippen LogP contribution in [0.15, 0.2) is 30.4 Å². The molecule has 0 unspecified atom stereocenters. The number of unbranched alkanes of at least 4 members (excludes halogenated alkanes) is 1. The summed E-state index contributed by atoms with van der Waals surface area (Å²) in [5.74, 6) is 0. The van der Waals surface area contributed by atoms with E-state index in [1.807, 2.05) is 11.8 Å². The summed E-state index contributed by atoms with van der Waals surface area (Å²) >= 11 is 0. The molecule has 1 aliphatic rings. The first kappa shape index (κ1) is 14.6. The van der Waals surface area contributed by atoms with Crippen LogP contribution < -0.4 is 10.2 Å². The molecule has 0 atom stereocenters. The average molecular weight is 272 g/mol. The molecule has 1 heterocycles. The first-order chi connectivity index (χ1) is 9.77. The van der Waals surface area contributed by atoms with E-state index in [-0.39, 0.29) is 6.03 Å². The van der Waals surface area contributed by atoms with Crippen molar-refractivity contribution in [3.63, 3.8) is 0 Å². The fourth-order valence-electron chi connectivity index (χ4n) is 2.62. The molecule has 0 aliphatic carbocycles. The Morgan fingerprint density at radius 1 is 1.45 bits per heavy atom. The quantitative estimate of drug-likeness (QED) is 0.643. The Hall–Kier alpha value is -1.77. The van der Waals surface area contributed by atoms with Gasteiger partial charge in [-0.2, -0.15) is 0 Å². The molecule has 20 heavy (non-hydrogen) atoms. The van der Waals surface area contributed by atoms with Gasteiger partial charge < -0.3 is 5.32 Å². The second kappa shape index (κ2) is 7.13. The van der Waals surface area contributed by atoms with Crippen LogP contribution in [0, 0.1) is 0 Å². The summed E-state index contributed by atoms with van der Waals surface area (Å²) < 4.78 is 0. The number of fused-ring (bicyclic) bond motifs is 1. The number of amides is 2. The summed E-state index contributed by atoms with van der Waals surface area (Å²) in [7, 11) is 0. The third-order valence-corrected chi connectivity index (χ3v) is 3.70. The minimum absolute atomic E-state index is 0.0464. The highest BCUT2D eigenvalue weighted by Gasteiger charge is 2.26. The number of allylic oxidation sites excluding steroid dienone is 2. The molecule has 1 aliphatic heterocycles. The lowest BCUT2D eigenvalue weighted by Crippen LogP contribution is -2.39. The second-order valence-corrected chi connectivity index (χ2v) is 5.19. The van der Waals surface area contributed by atoms with Gasteiger partial charge in [0.2, 0.25) is 0 Å². The van der Waals surface area contributed by atoms with Gasteiger partial charge >= 0.3 is 6.03 Å². The molecular weight excluding hydrogens is 248 g/mol. The van der Waals surface area contributed by atoms with Crippen LogP contribution in [-0.2, 0) is 12.8 Å². The van der Waals surface area contributed by atoms with Crippen LogP contribution in [0.5, 0.6) is 0 Å². The van der Waals surface area contributed by atoms with Crippen molar-refractivity contribution in [2.24, 2.45) is 0 Å². The van der Waals surface area contributed by atoms with Crippen molar-refractivity contribution in [2.75, 3.05) is 18.0 Å². The number of benzene rings is 1. The van der Waals surface area contributed by atoms with E-state index in [0.29, 0.717) is 0 Å². The second-order valence-electron chi connectivity index (χ2n) is 5.19. The molecule has 0 spiro atoms. The van der Waals surface area contributed by atoms with Crippen molar-refractivity contribution in [2.45, 2.75) is 39.5 Å². The summed E-state index contributed by atoms with van der Waals surface area (Å²) in [5, 5.41) is 3.02. The first-order valence-corrected chi connectivity index (χ1v) is 7.55. The Labute approximate surface area is 121 Å². The van der Waals surface area contributed by atoms with Crippen LogP contribution in [-0.4, -0.2) is 19.1 Å². The highest BCUT2D eigenvalue weighted by atomic mass is 16.2. The van der Waals surface area contributed by atoms with E-state index in [2.05, 4.69) is 42.6 Å². The first-order valence-electron chi connectivity index (χ1n) is 7.55. The summed E-state index contributed by atoms with van der Waals surface area (Å²) in [5.41, 5.74) is 3.65. The van der Waals surface area contributed by atoms with E-state index < -0.39 is 0 Å². The third-order valence-electron chi connectivity index (χ3n) is 3.70. The topological polar surface area (TPSA) is 32.3 Å². The summed E-state index contributed by atoms with van der Waals surface area (Å²) in [6.45, 7) is 5.71. The predicted molar refractivity (Wildman–Crippen MR) is 84.3 cm³/mol. The monoisotopic (exact) mass is 272 g/mol. The Morgan fingerprint density at radius 2 is 2.30 bits per heavy atom. The minimum atomic E-state index is 0.0464. The Bertz CT molecular complexity index is 494. The zero-order valence-electron chi connectivity index (χ0n) is 12.5. The minimum Gasteiger partial charge on any atom is -0.338 e. The average Bonchev–Trinajstić information content (AvgIpc) is 2.90. The zero-order valence-corrected chi connectivity index (χ0v) is 12.5. The van der Waals surface area contributed by atoms with Gasteiger partial charge in [-0.25, -0.2) is 4.79 Å². The van der Waals surface area contributed by atoms with Gasteiger partial charge in [0.1, 0.15) is 0 Å². The van der Waals surface area contributed by atoms with Crippen LogP contribution in [0.4, 0.5) is 10.5 Å². The number of rotatable bonds is 5. The number of nitrogens with zero attached hydrogens (tertiary/aromatic N) is 1. The SMILES string of the molecule is C/C=C/Cc1cccc2c1N(C(=O)NCCCC)CC2. The number of anilines is 1. The molecule has 1 aromatic rings. The molecule has 0 aromatic heterocycles. The molecule has 3 heteroatoms. The fraction of sp³-hybridized carbons (Fsp3) is 0.471. The van der Waals surface area contributed by atoms with Crippen molar-refractivity contribution in [3.8, 4) is 0 Å². The largest absolute Gasteiger partial charge is 0.338 e. The van der Waals surface area contributed by atoms with Crippen molar-refractivity contribution in [1.29, 1.82) is 0 Å². The summed E-state index contributed by atoms with van der Waals surface area (Å²) in [4.78, 5) is 14.2. The maximum absolute atomic E-state index is 12.3. The van der Waals surface area contributed by atoms with Gasteiger partial charge in [0.05, 0.1) is 5.69 Å². The van der Waals surface area contributed by atoms with Gasteiger partial charge in [-0.1, -0.05) is 43.7 Å². The lowest BCUT2D eigenvalue weighted by molar-refractivity contribution is 0.246. The molecule has 108 valence electrons. The third kappa shape index (κ3) is 3.21. The standard InChI is InChI=1S/C17H24N2O/c1-3-5-8-14-9-7-10-15-11-13-19(16(14)15)17(20)18-12-6-4-2/h3,5,7,9-10H,4,6,8,11-13H2,1-2H3,(H,18,20)/b5-3+. The molecule has 1 aromatic carbocycles. The van der Waals surface area contributed by atoms with Gasteiger partial charge in [0, 0.05) is 13.1 Å². The lowest BCUT2D eigenvalue weighted by Gasteiger charge is -2.20. The fourth-order valence-corrected chi connectivity index (χ4v) is 2.62. The molecule has 0 fully saturated rings. The molecule has 0 saturated heterocycles. The van der Waals surface area contributed by atoms with E-state index in [4.69, 9.17) is 0 Å². The summed E-state index contributed by atoms with van der Waals surface area (Å²) in [6, 6.07) is 6.39. The highest BCUT2D eigenvalue weighted by molar-refractivity contribution is 5.95. The molecule has 1 N–H and O–H groups in total. The van der Waals surface area contributed by atoms with E-state index in [9.17, 15) is 4.79 Å². The van der Waals surface area contributed by atoms with Crippen LogP contribution in [0.1, 0.15) is 37.8 Å². The summed E-state index contributed by atoms with van der Waals surface area (Å²) in [6.07, 6.45) is 8.18. The molecule has 2 rings (SSSR count). The van der Waals surface area contributed by atoms with Crippen molar-refractivity contribution >= 4 is 11.7 Å². The number of carbonyl (C=O) groups is 1. The van der Waals surface area contributed by atoms with Crippen molar-refractivity contribution in [1.82, 2.24) is 5.32 Å². The van der Waals surface area contributed by atoms with Crippen molar-refractivity contribution < 1.29 is 4.79 Å². The highest BCUT2D eigenvalue weighted by Crippen LogP contribution is 2.32. The van der Waals surface area contributed by atoms with E-state index in [1.165, 1.54) is 11.1 Å². The van der Waals surface area contributed by atoms with Crippen molar-refractivity contribution in [3.05, 3.63) is 41.5 Å². The number of hydrogen-bond donors (Lipinski definition) is 1. The van der Waals surface area contributed by atoms with Crippen LogP contribution >= 0.6 is 0 Å². The van der Waals surface area contributed by atoms with Gasteiger partial charge in [0.15, 0.2) is 0 Å².